The predicted octanol–water partition coefficient (Wildman–Crippen LogP) is 7.48. The lowest BCUT2D eigenvalue weighted by atomic mass is 9.95. The summed E-state index contributed by atoms with van der Waals surface area (Å²) in [5.74, 6) is 0.279. The number of carbonyl (C=O) groups excluding carboxylic acids is 1. The molecule has 2 saturated heterocycles. The van der Waals surface area contributed by atoms with Crippen molar-refractivity contribution in [1.82, 2.24) is 0 Å². The molecule has 11 nitrogen and oxygen atoms in total. The van der Waals surface area contributed by atoms with E-state index in [9.17, 15) is 4.79 Å². The fourth-order valence-electron chi connectivity index (χ4n) is 6.84. The van der Waals surface area contributed by atoms with E-state index in [0.717, 1.165) is 28.0 Å². The monoisotopic (exact) mass is 780 g/mol. The second-order valence-electron chi connectivity index (χ2n) is 15.3. The van der Waals surface area contributed by atoms with Gasteiger partial charge >= 0.3 is 5.97 Å². The number of hydrogen-bond acceptors (Lipinski definition) is 11. The van der Waals surface area contributed by atoms with Crippen molar-refractivity contribution in [2.45, 2.75) is 95.9 Å². The van der Waals surface area contributed by atoms with Crippen molar-refractivity contribution in [3.8, 4) is 5.75 Å². The molecule has 0 saturated carbocycles. The molecule has 0 bridgehead atoms. The zero-order chi connectivity index (χ0) is 39.6. The topological polar surface area (TPSA) is 109 Å². The summed E-state index contributed by atoms with van der Waals surface area (Å²) in [6, 6.07) is 37.1. The maximum absolute atomic E-state index is 13.8. The van der Waals surface area contributed by atoms with Crippen LogP contribution in [0.4, 0.5) is 0 Å². The molecular formula is C46H52O11. The molecule has 57 heavy (non-hydrogen) atoms. The second-order valence-corrected chi connectivity index (χ2v) is 15.3. The van der Waals surface area contributed by atoms with E-state index in [-0.39, 0.29) is 26.4 Å². The zero-order valence-electron chi connectivity index (χ0n) is 32.8. The van der Waals surface area contributed by atoms with Gasteiger partial charge in [-0.05, 0) is 55.7 Å². The van der Waals surface area contributed by atoms with Crippen LogP contribution >= 0.6 is 0 Å². The maximum atomic E-state index is 13.8. The first-order valence-corrected chi connectivity index (χ1v) is 19.4. The van der Waals surface area contributed by atoms with E-state index in [4.69, 9.17) is 47.4 Å². The Kier molecular flexibility index (Phi) is 13.7. The minimum absolute atomic E-state index is 0.138. The number of esters is 1. The van der Waals surface area contributed by atoms with E-state index >= 15 is 0 Å². The van der Waals surface area contributed by atoms with Crippen LogP contribution in [0.2, 0.25) is 0 Å². The Morgan fingerprint density at radius 3 is 1.91 bits per heavy atom. The van der Waals surface area contributed by atoms with Gasteiger partial charge in [0.15, 0.2) is 24.8 Å². The lowest BCUT2D eigenvalue weighted by Gasteiger charge is -2.48. The minimum atomic E-state index is -1.13. The van der Waals surface area contributed by atoms with Crippen LogP contribution in [0.25, 0.3) is 0 Å². The molecule has 302 valence electrons. The fraction of sp³-hybridized carbons (Fsp3) is 0.413. The third-order valence-corrected chi connectivity index (χ3v) is 9.99. The van der Waals surface area contributed by atoms with Crippen LogP contribution in [0.3, 0.4) is 0 Å². The lowest BCUT2D eigenvalue weighted by Crippen LogP contribution is -2.64. The van der Waals surface area contributed by atoms with Crippen molar-refractivity contribution < 1.29 is 52.2 Å². The smallest absolute Gasteiger partial charge is 0.311 e. The molecule has 3 heterocycles. The third kappa shape index (κ3) is 10.7. The van der Waals surface area contributed by atoms with Crippen molar-refractivity contribution in [1.29, 1.82) is 0 Å². The predicted molar refractivity (Wildman–Crippen MR) is 210 cm³/mol. The Bertz CT molecular complexity index is 1850. The van der Waals surface area contributed by atoms with Gasteiger partial charge in [0.25, 0.3) is 0 Å². The fourth-order valence-corrected chi connectivity index (χ4v) is 6.84. The number of fused-ring (bicyclic) bond motifs is 1. The summed E-state index contributed by atoms with van der Waals surface area (Å²) in [6.45, 7) is 6.64. The summed E-state index contributed by atoms with van der Waals surface area (Å²) >= 11 is 0. The highest BCUT2D eigenvalue weighted by Crippen LogP contribution is 2.37. The van der Waals surface area contributed by atoms with Gasteiger partial charge < -0.3 is 47.4 Å². The normalized spacial score (nSPS) is 27.2. The molecule has 11 heteroatoms. The molecule has 3 aliphatic rings. The number of carbonyl (C=O) groups is 1. The zero-order valence-corrected chi connectivity index (χ0v) is 32.8. The maximum Gasteiger partial charge on any atom is 0.311 e. The third-order valence-electron chi connectivity index (χ3n) is 9.99. The van der Waals surface area contributed by atoms with Gasteiger partial charge in [0, 0.05) is 5.56 Å². The van der Waals surface area contributed by atoms with Gasteiger partial charge in [-0.3, -0.25) is 4.79 Å². The molecule has 4 aromatic rings. The van der Waals surface area contributed by atoms with E-state index in [1.165, 1.54) is 0 Å². The second kappa shape index (κ2) is 19.2. The highest BCUT2D eigenvalue weighted by atomic mass is 16.8. The molecule has 0 aromatic heterocycles. The summed E-state index contributed by atoms with van der Waals surface area (Å²) in [5, 5.41) is 0. The SMILES string of the molecule is COc1ccc([C@@H]2OC[C@H]3OC=C[C@@H](O[C@@H]4O[C@H](COCc5ccccc5)[C@@H](OCc5ccccc5)[C@H](OCc5ccccc5)[C@H]4OC(=O)C(C)(C)C)[C@@H]3O2)cc1. The average Bonchev–Trinajstić information content (AvgIpc) is 3.24. The van der Waals surface area contributed by atoms with Crippen molar-refractivity contribution >= 4 is 5.97 Å². The van der Waals surface area contributed by atoms with Gasteiger partial charge in [-0.1, -0.05) is 103 Å². The van der Waals surface area contributed by atoms with Gasteiger partial charge in [-0.2, -0.15) is 0 Å². The minimum Gasteiger partial charge on any atom is -0.497 e. The highest BCUT2D eigenvalue weighted by molar-refractivity contribution is 5.75. The number of ether oxygens (including phenoxy) is 10. The summed E-state index contributed by atoms with van der Waals surface area (Å²) in [5.41, 5.74) is 2.89. The Morgan fingerprint density at radius 2 is 1.32 bits per heavy atom. The molecule has 0 amide bonds. The summed E-state index contributed by atoms with van der Waals surface area (Å²) in [4.78, 5) is 13.8. The molecule has 3 aliphatic heterocycles. The molecule has 4 aromatic carbocycles. The van der Waals surface area contributed by atoms with Gasteiger partial charge in [0.1, 0.15) is 36.3 Å². The van der Waals surface area contributed by atoms with Gasteiger partial charge in [0.2, 0.25) is 0 Å². The number of hydrogen-bond donors (Lipinski definition) is 0. The van der Waals surface area contributed by atoms with Crippen LogP contribution in [0.5, 0.6) is 5.75 Å². The summed E-state index contributed by atoms with van der Waals surface area (Å²) in [7, 11) is 1.62. The van der Waals surface area contributed by atoms with Crippen LogP contribution in [-0.2, 0) is 67.2 Å². The van der Waals surface area contributed by atoms with Crippen LogP contribution in [-0.4, -0.2) is 75.3 Å². The van der Waals surface area contributed by atoms with Crippen LogP contribution in [0.15, 0.2) is 128 Å². The molecule has 0 unspecified atom stereocenters. The number of rotatable bonds is 15. The lowest BCUT2D eigenvalue weighted by molar-refractivity contribution is -0.346. The standard InChI is InChI=1S/C46H52O11/c1-46(2,3)45(47)57-42-41(52-28-33-18-12-7-13-19-33)40(51-27-32-16-10-6-11-17-32)38(29-49-26-31-14-8-5-9-15-31)55-44(42)54-36-24-25-50-37-30-53-43(56-39(36)37)34-20-22-35(48-4)23-21-34/h5-25,36-44H,26-30H2,1-4H3/t36-,37-,38-,39+,40-,41+,42-,43-,44-/m1/s1. The number of methoxy groups -OCH3 is 1. The first-order valence-electron chi connectivity index (χ1n) is 19.4. The molecule has 9 atom stereocenters. The van der Waals surface area contributed by atoms with E-state index in [0.29, 0.717) is 6.61 Å². The van der Waals surface area contributed by atoms with E-state index in [1.807, 2.05) is 115 Å². The first kappa shape index (κ1) is 40.6. The molecular weight excluding hydrogens is 728 g/mol. The van der Waals surface area contributed by atoms with Crippen LogP contribution < -0.4 is 4.74 Å². The quantitative estimate of drug-likeness (QED) is 0.112. The van der Waals surface area contributed by atoms with Gasteiger partial charge in [0.05, 0.1) is 51.8 Å². The van der Waals surface area contributed by atoms with Gasteiger partial charge in [-0.15, -0.1) is 0 Å². The Hall–Kier alpha value is -4.59. The largest absolute Gasteiger partial charge is 0.497 e. The van der Waals surface area contributed by atoms with Crippen molar-refractivity contribution in [3.05, 3.63) is 150 Å². The molecule has 0 N–H and O–H groups in total. The van der Waals surface area contributed by atoms with Gasteiger partial charge in [-0.25, -0.2) is 0 Å². The Labute approximate surface area is 334 Å². The van der Waals surface area contributed by atoms with Crippen LogP contribution in [0.1, 0.15) is 49.3 Å². The Morgan fingerprint density at radius 1 is 0.719 bits per heavy atom. The molecule has 0 spiro atoms. The summed E-state index contributed by atoms with van der Waals surface area (Å²) in [6.07, 6.45) is -3.53. The molecule has 0 radical (unpaired) electrons. The highest BCUT2D eigenvalue weighted by Gasteiger charge is 2.53. The summed E-state index contributed by atoms with van der Waals surface area (Å²) < 4.78 is 63.9. The average molecular weight is 781 g/mol. The molecule has 7 rings (SSSR count). The first-order chi connectivity index (χ1) is 27.7. The van der Waals surface area contributed by atoms with Crippen molar-refractivity contribution in [3.63, 3.8) is 0 Å². The van der Waals surface area contributed by atoms with Crippen LogP contribution in [0, 0.1) is 5.41 Å². The Balaban J connectivity index is 1.21. The van der Waals surface area contributed by atoms with Crippen molar-refractivity contribution in [2.24, 2.45) is 5.41 Å². The van der Waals surface area contributed by atoms with E-state index < -0.39 is 66.7 Å². The number of benzene rings is 4. The van der Waals surface area contributed by atoms with E-state index in [1.54, 1.807) is 40.2 Å². The van der Waals surface area contributed by atoms with E-state index in [2.05, 4.69) is 0 Å². The molecule has 2 fully saturated rings. The molecule has 0 aliphatic carbocycles. The van der Waals surface area contributed by atoms with Crippen molar-refractivity contribution in [2.75, 3.05) is 20.3 Å².